The molecule has 1 aromatic heterocycles. The molecule has 0 spiro atoms. The second kappa shape index (κ2) is 7.89. The molecule has 1 unspecified atom stereocenters. The molecule has 0 saturated carbocycles. The van der Waals surface area contributed by atoms with Crippen LogP contribution in [0.3, 0.4) is 0 Å². The number of likely N-dealkylation sites (N-methyl/N-ethyl adjacent to an activating group) is 1. The number of aromatic nitrogens is 1. The van der Waals surface area contributed by atoms with Crippen molar-refractivity contribution in [1.82, 2.24) is 14.8 Å². The van der Waals surface area contributed by atoms with Crippen LogP contribution in [0.1, 0.15) is 39.7 Å². The molecule has 1 fully saturated rings. The smallest absolute Gasteiger partial charge is 0.414 e. The molecule has 3 heterocycles. The number of anilines is 1. The fraction of sp³-hybridized carbons (Fsp3) is 0.619. The molecule has 2 aliphatic rings. The Morgan fingerprint density at radius 2 is 1.89 bits per heavy atom. The molecule has 1 aromatic rings. The van der Waals surface area contributed by atoms with E-state index in [2.05, 4.69) is 47.0 Å². The summed E-state index contributed by atoms with van der Waals surface area (Å²) in [4.78, 5) is 23.8. The number of rotatable bonds is 2. The van der Waals surface area contributed by atoms with Crippen LogP contribution >= 0.6 is 0 Å². The van der Waals surface area contributed by atoms with Crippen LogP contribution < -0.4 is 4.90 Å². The molecule has 27 heavy (non-hydrogen) atoms. The number of pyridine rings is 1. The van der Waals surface area contributed by atoms with Gasteiger partial charge in [0.1, 0.15) is 11.4 Å². The van der Waals surface area contributed by atoms with Gasteiger partial charge in [-0.05, 0) is 52.3 Å². The zero-order valence-electron chi connectivity index (χ0n) is 17.2. The van der Waals surface area contributed by atoms with Gasteiger partial charge in [0.25, 0.3) is 0 Å². The van der Waals surface area contributed by atoms with E-state index in [0.29, 0.717) is 12.5 Å². The first-order valence-corrected chi connectivity index (χ1v) is 9.83. The molecule has 1 amide bonds. The molecular formula is C21H32N4O2. The summed E-state index contributed by atoms with van der Waals surface area (Å²) in [5.41, 5.74) is 1.36. The van der Waals surface area contributed by atoms with Crippen molar-refractivity contribution in [3.8, 4) is 0 Å². The number of hydrogen-bond acceptors (Lipinski definition) is 5. The van der Waals surface area contributed by atoms with Crippen molar-refractivity contribution >= 4 is 17.6 Å². The molecule has 1 saturated heterocycles. The lowest BCUT2D eigenvalue weighted by atomic mass is 9.99. The van der Waals surface area contributed by atoms with Crippen LogP contribution in [-0.4, -0.2) is 66.2 Å². The molecule has 3 rings (SSSR count). The molecule has 0 aliphatic carbocycles. The monoisotopic (exact) mass is 372 g/mol. The van der Waals surface area contributed by atoms with Crippen LogP contribution in [-0.2, 0) is 4.74 Å². The maximum Gasteiger partial charge on any atom is 0.414 e. The lowest BCUT2D eigenvalue weighted by Gasteiger charge is -2.34. The molecule has 0 aromatic carbocycles. The Bertz CT molecular complexity index is 685. The van der Waals surface area contributed by atoms with Gasteiger partial charge in [-0.1, -0.05) is 13.0 Å². The maximum atomic E-state index is 12.7. The fourth-order valence-electron chi connectivity index (χ4n) is 3.43. The number of amides is 1. The van der Waals surface area contributed by atoms with Crippen molar-refractivity contribution in [3.63, 3.8) is 0 Å². The Morgan fingerprint density at radius 1 is 1.19 bits per heavy atom. The molecular weight excluding hydrogens is 340 g/mol. The number of ether oxygens (including phenoxy) is 1. The van der Waals surface area contributed by atoms with E-state index in [9.17, 15) is 4.79 Å². The third kappa shape index (κ3) is 5.01. The van der Waals surface area contributed by atoms with Crippen molar-refractivity contribution in [2.24, 2.45) is 5.92 Å². The van der Waals surface area contributed by atoms with Gasteiger partial charge in [-0.3, -0.25) is 4.90 Å². The molecule has 2 aliphatic heterocycles. The van der Waals surface area contributed by atoms with Gasteiger partial charge in [0.2, 0.25) is 0 Å². The lowest BCUT2D eigenvalue weighted by molar-refractivity contribution is 0.0327. The molecule has 0 bridgehead atoms. The van der Waals surface area contributed by atoms with Crippen LogP contribution in [0.4, 0.5) is 10.6 Å². The Labute approximate surface area is 162 Å². The highest BCUT2D eigenvalue weighted by Crippen LogP contribution is 2.29. The van der Waals surface area contributed by atoms with Crippen LogP contribution in [0, 0.1) is 5.92 Å². The van der Waals surface area contributed by atoms with Crippen molar-refractivity contribution in [2.45, 2.75) is 39.7 Å². The third-order valence-electron chi connectivity index (χ3n) is 4.98. The number of nitrogens with zero attached hydrogens (tertiary/aromatic N) is 4. The standard InChI is InChI=1S/C21H32N4O2/c1-16-6-8-18(25(15-16)20(26)27-21(2,3)4)17-7-9-19(22-14-17)24-12-10-23(5)11-13-24/h7-9,14,16H,6,10-13,15H2,1-5H3. The van der Waals surface area contributed by atoms with E-state index >= 15 is 0 Å². The van der Waals surface area contributed by atoms with Gasteiger partial charge >= 0.3 is 6.09 Å². The second-order valence-electron chi connectivity index (χ2n) is 8.72. The highest BCUT2D eigenvalue weighted by Gasteiger charge is 2.29. The largest absolute Gasteiger partial charge is 0.443 e. The molecule has 148 valence electrons. The summed E-state index contributed by atoms with van der Waals surface area (Å²) < 4.78 is 5.62. The maximum absolute atomic E-state index is 12.7. The molecule has 1 atom stereocenters. The van der Waals surface area contributed by atoms with Gasteiger partial charge in [-0.15, -0.1) is 0 Å². The average molecular weight is 373 g/mol. The van der Waals surface area contributed by atoms with Gasteiger partial charge in [0.05, 0.1) is 5.70 Å². The first-order valence-electron chi connectivity index (χ1n) is 9.83. The van der Waals surface area contributed by atoms with E-state index < -0.39 is 5.60 Å². The lowest BCUT2D eigenvalue weighted by Crippen LogP contribution is -2.44. The van der Waals surface area contributed by atoms with Crippen LogP contribution in [0.15, 0.2) is 24.4 Å². The number of carbonyl (C=O) groups excluding carboxylic acids is 1. The highest BCUT2D eigenvalue weighted by atomic mass is 16.6. The predicted molar refractivity (Wildman–Crippen MR) is 109 cm³/mol. The van der Waals surface area contributed by atoms with Crippen molar-refractivity contribution in [3.05, 3.63) is 30.0 Å². The SMILES string of the molecule is CC1CC=C(c2ccc(N3CCN(C)CC3)nc2)N(C(=O)OC(C)(C)C)C1. The van der Waals surface area contributed by atoms with Gasteiger partial charge in [-0.2, -0.15) is 0 Å². The fourth-order valence-corrected chi connectivity index (χ4v) is 3.43. The van der Waals surface area contributed by atoms with Crippen molar-refractivity contribution in [2.75, 3.05) is 44.7 Å². The first-order chi connectivity index (χ1) is 12.7. The molecule has 0 N–H and O–H groups in total. The topological polar surface area (TPSA) is 48.9 Å². The Hall–Kier alpha value is -2.08. The summed E-state index contributed by atoms with van der Waals surface area (Å²) >= 11 is 0. The molecule has 6 heteroatoms. The second-order valence-corrected chi connectivity index (χ2v) is 8.72. The van der Waals surface area contributed by atoms with E-state index in [1.165, 1.54) is 0 Å². The third-order valence-corrected chi connectivity index (χ3v) is 4.98. The number of carbonyl (C=O) groups is 1. The minimum Gasteiger partial charge on any atom is -0.443 e. The zero-order valence-corrected chi connectivity index (χ0v) is 17.2. The predicted octanol–water partition coefficient (Wildman–Crippen LogP) is 3.45. The van der Waals surface area contributed by atoms with Gasteiger partial charge < -0.3 is 14.5 Å². The van der Waals surface area contributed by atoms with E-state index in [4.69, 9.17) is 4.74 Å². The van der Waals surface area contributed by atoms with Crippen LogP contribution in [0.25, 0.3) is 5.70 Å². The summed E-state index contributed by atoms with van der Waals surface area (Å²) in [6.07, 6.45) is 4.68. The number of piperazine rings is 1. The van der Waals surface area contributed by atoms with Crippen LogP contribution in [0.2, 0.25) is 0 Å². The van der Waals surface area contributed by atoms with Gasteiger partial charge in [0.15, 0.2) is 0 Å². The summed E-state index contributed by atoms with van der Waals surface area (Å²) in [7, 11) is 2.15. The average Bonchev–Trinajstić information content (AvgIpc) is 2.61. The van der Waals surface area contributed by atoms with E-state index in [1.807, 2.05) is 27.0 Å². The minimum absolute atomic E-state index is 0.288. The van der Waals surface area contributed by atoms with Crippen molar-refractivity contribution in [1.29, 1.82) is 0 Å². The van der Waals surface area contributed by atoms with E-state index in [1.54, 1.807) is 4.90 Å². The Balaban J connectivity index is 1.77. The zero-order chi connectivity index (χ0) is 19.6. The Morgan fingerprint density at radius 3 is 2.48 bits per heavy atom. The minimum atomic E-state index is -0.508. The number of hydrogen-bond donors (Lipinski definition) is 0. The normalized spacial score (nSPS) is 21.8. The van der Waals surface area contributed by atoms with E-state index in [0.717, 1.165) is 49.7 Å². The molecule has 6 nitrogen and oxygen atoms in total. The van der Waals surface area contributed by atoms with Crippen LogP contribution in [0.5, 0.6) is 0 Å². The quantitative estimate of drug-likeness (QED) is 0.796. The van der Waals surface area contributed by atoms with Gasteiger partial charge in [0, 0.05) is 44.5 Å². The first kappa shape index (κ1) is 19.7. The van der Waals surface area contributed by atoms with Crippen molar-refractivity contribution < 1.29 is 9.53 Å². The molecule has 0 radical (unpaired) electrons. The summed E-state index contributed by atoms with van der Waals surface area (Å²) in [6, 6.07) is 4.13. The summed E-state index contributed by atoms with van der Waals surface area (Å²) in [6.45, 7) is 12.6. The highest BCUT2D eigenvalue weighted by molar-refractivity contribution is 5.83. The van der Waals surface area contributed by atoms with E-state index in [-0.39, 0.29) is 6.09 Å². The Kier molecular flexibility index (Phi) is 5.75. The summed E-state index contributed by atoms with van der Waals surface area (Å²) in [5, 5.41) is 0. The van der Waals surface area contributed by atoms with Gasteiger partial charge in [-0.25, -0.2) is 9.78 Å². The summed E-state index contributed by atoms with van der Waals surface area (Å²) in [5.74, 6) is 1.42. The number of allylic oxidation sites excluding steroid dienone is 1.